The van der Waals surface area contributed by atoms with Gasteiger partial charge in [0.05, 0.1) is 6.04 Å². The minimum atomic E-state index is -0.998. The first-order valence-electron chi connectivity index (χ1n) is 17.3. The molecule has 1 saturated heterocycles. The normalized spacial score (nSPS) is 15.8. The number of nitrogens with zero attached hydrogens (tertiary/aromatic N) is 2. The first-order chi connectivity index (χ1) is 23.5. The number of unbranched alkanes of at least 4 members (excludes halogenated alkanes) is 1. The number of carbonyl (C=O) groups excluding carboxylic acids is 4. The van der Waals surface area contributed by atoms with Crippen LogP contribution in [-0.4, -0.2) is 96.3 Å². The summed E-state index contributed by atoms with van der Waals surface area (Å²) in [6.07, 6.45) is 3.17. The Labute approximate surface area is 290 Å². The topological polar surface area (TPSA) is 213 Å². The summed E-state index contributed by atoms with van der Waals surface area (Å²) in [7, 11) is 0. The molecule has 1 aliphatic rings. The molecule has 13 nitrogen and oxygen atoms in total. The van der Waals surface area contributed by atoms with E-state index in [1.807, 2.05) is 74.5 Å². The van der Waals surface area contributed by atoms with Crippen LogP contribution in [0, 0.1) is 11.3 Å². The SMILES string of the molecule is CC(C)C[C@@H](NC(=O)[C@@H](Cc1ccccc1)NC(=O)[C@H](N)Cc1ccccc1)C(=O)N[C@H](CCCCN)C(=O)N1CCCN(C(=N)N)CC1. The van der Waals surface area contributed by atoms with Crippen molar-refractivity contribution in [3.63, 3.8) is 0 Å². The second-order valence-electron chi connectivity index (χ2n) is 13.1. The lowest BCUT2D eigenvalue weighted by Gasteiger charge is -2.29. The lowest BCUT2D eigenvalue weighted by molar-refractivity contribution is -0.138. The number of rotatable bonds is 17. The smallest absolute Gasteiger partial charge is 0.245 e. The summed E-state index contributed by atoms with van der Waals surface area (Å²) in [4.78, 5) is 58.3. The van der Waals surface area contributed by atoms with Crippen molar-refractivity contribution >= 4 is 29.6 Å². The van der Waals surface area contributed by atoms with Crippen molar-refractivity contribution in [1.29, 1.82) is 5.41 Å². The molecule has 0 unspecified atom stereocenters. The average molecular weight is 678 g/mol. The largest absolute Gasteiger partial charge is 0.370 e. The number of hydrogen-bond acceptors (Lipinski definition) is 7. The highest BCUT2D eigenvalue weighted by atomic mass is 16.2. The third kappa shape index (κ3) is 13.1. The van der Waals surface area contributed by atoms with Crippen LogP contribution in [0.25, 0.3) is 0 Å². The fourth-order valence-electron chi connectivity index (χ4n) is 5.90. The van der Waals surface area contributed by atoms with Crippen molar-refractivity contribution < 1.29 is 19.2 Å². The second kappa shape index (κ2) is 20.1. The zero-order valence-corrected chi connectivity index (χ0v) is 28.9. The number of hydrogen-bond donors (Lipinski definition) is 7. The molecular weight excluding hydrogens is 622 g/mol. The molecule has 13 heteroatoms. The third-order valence-electron chi connectivity index (χ3n) is 8.60. The molecule has 10 N–H and O–H groups in total. The van der Waals surface area contributed by atoms with Crippen molar-refractivity contribution in [2.75, 3.05) is 32.7 Å². The summed E-state index contributed by atoms with van der Waals surface area (Å²) < 4.78 is 0. The van der Waals surface area contributed by atoms with Crippen LogP contribution >= 0.6 is 0 Å². The highest BCUT2D eigenvalue weighted by molar-refractivity contribution is 5.95. The zero-order valence-electron chi connectivity index (χ0n) is 28.9. The highest BCUT2D eigenvalue weighted by Crippen LogP contribution is 2.13. The van der Waals surface area contributed by atoms with Crippen molar-refractivity contribution in [1.82, 2.24) is 25.8 Å². The van der Waals surface area contributed by atoms with Gasteiger partial charge in [-0.3, -0.25) is 24.6 Å². The highest BCUT2D eigenvalue weighted by Gasteiger charge is 2.33. The van der Waals surface area contributed by atoms with Gasteiger partial charge in [-0.15, -0.1) is 0 Å². The van der Waals surface area contributed by atoms with Gasteiger partial charge in [-0.1, -0.05) is 74.5 Å². The summed E-state index contributed by atoms with van der Waals surface area (Å²) in [6, 6.07) is 15.1. The number of carbonyl (C=O) groups is 4. The summed E-state index contributed by atoms with van der Waals surface area (Å²) in [6.45, 7) is 6.21. The summed E-state index contributed by atoms with van der Waals surface area (Å²) in [5.74, 6) is -1.68. The molecule has 1 aliphatic heterocycles. The Morgan fingerprint density at radius 2 is 1.27 bits per heavy atom. The van der Waals surface area contributed by atoms with E-state index in [2.05, 4.69) is 16.0 Å². The lowest BCUT2D eigenvalue weighted by atomic mass is 9.99. The summed E-state index contributed by atoms with van der Waals surface area (Å²) in [5, 5.41) is 16.4. The molecule has 0 saturated carbocycles. The molecule has 1 heterocycles. The van der Waals surface area contributed by atoms with Crippen LogP contribution in [0.2, 0.25) is 0 Å². The van der Waals surface area contributed by atoms with Gasteiger partial charge in [0, 0.05) is 32.6 Å². The Bertz CT molecular complexity index is 1360. The Kier molecular flexibility index (Phi) is 16.0. The summed E-state index contributed by atoms with van der Waals surface area (Å²) >= 11 is 0. The van der Waals surface area contributed by atoms with E-state index in [9.17, 15) is 19.2 Å². The van der Waals surface area contributed by atoms with Crippen LogP contribution in [-0.2, 0) is 32.0 Å². The zero-order chi connectivity index (χ0) is 35.8. The number of nitrogens with one attached hydrogen (secondary N) is 4. The molecule has 49 heavy (non-hydrogen) atoms. The fourth-order valence-corrected chi connectivity index (χ4v) is 5.90. The molecule has 2 aromatic rings. The fraction of sp³-hybridized carbons (Fsp3) is 0.528. The van der Waals surface area contributed by atoms with Gasteiger partial charge in [0.15, 0.2) is 5.96 Å². The van der Waals surface area contributed by atoms with E-state index in [4.69, 9.17) is 22.6 Å². The van der Waals surface area contributed by atoms with Crippen LogP contribution in [0.4, 0.5) is 0 Å². The molecule has 4 atom stereocenters. The van der Waals surface area contributed by atoms with E-state index in [-0.39, 0.29) is 24.2 Å². The van der Waals surface area contributed by atoms with Crippen molar-refractivity contribution in [3.8, 4) is 0 Å². The number of nitrogens with two attached hydrogens (primary N) is 3. The molecule has 0 spiro atoms. The van der Waals surface area contributed by atoms with Gasteiger partial charge in [0.1, 0.15) is 18.1 Å². The van der Waals surface area contributed by atoms with E-state index < -0.39 is 41.9 Å². The van der Waals surface area contributed by atoms with Crippen molar-refractivity contribution in [3.05, 3.63) is 71.8 Å². The van der Waals surface area contributed by atoms with Gasteiger partial charge in [-0.2, -0.15) is 0 Å². The van der Waals surface area contributed by atoms with Crippen LogP contribution in [0.5, 0.6) is 0 Å². The van der Waals surface area contributed by atoms with Gasteiger partial charge in [0.25, 0.3) is 0 Å². The maximum atomic E-state index is 13.9. The van der Waals surface area contributed by atoms with E-state index in [0.717, 1.165) is 11.1 Å². The van der Waals surface area contributed by atoms with Gasteiger partial charge in [0.2, 0.25) is 23.6 Å². The van der Waals surface area contributed by atoms with Crippen LogP contribution < -0.4 is 33.2 Å². The van der Waals surface area contributed by atoms with Gasteiger partial charge >= 0.3 is 0 Å². The van der Waals surface area contributed by atoms with Crippen LogP contribution in [0.15, 0.2) is 60.7 Å². The van der Waals surface area contributed by atoms with E-state index in [0.29, 0.717) is 71.2 Å². The van der Waals surface area contributed by atoms with Gasteiger partial charge in [-0.05, 0) is 62.1 Å². The number of guanidine groups is 1. The second-order valence-corrected chi connectivity index (χ2v) is 13.1. The molecule has 1 fully saturated rings. The van der Waals surface area contributed by atoms with E-state index in [1.165, 1.54) is 0 Å². The van der Waals surface area contributed by atoms with Gasteiger partial charge < -0.3 is 43.0 Å². The number of amides is 4. The minimum Gasteiger partial charge on any atom is -0.370 e. The molecule has 4 amide bonds. The van der Waals surface area contributed by atoms with Crippen molar-refractivity contribution in [2.45, 2.75) is 83.0 Å². The Morgan fingerprint density at radius 3 is 1.86 bits per heavy atom. The van der Waals surface area contributed by atoms with E-state index in [1.54, 1.807) is 9.80 Å². The predicted molar refractivity (Wildman–Crippen MR) is 191 cm³/mol. The minimum absolute atomic E-state index is 0.0331. The molecule has 0 aromatic heterocycles. The standard InChI is InChI=1S/C36H55N9O4/c1-25(2)22-30(33(47)41-29(16-9-10-17-37)35(49)44-18-11-19-45(21-20-44)36(39)40)43-34(48)31(24-27-14-7-4-8-15-27)42-32(46)28(38)23-26-12-5-3-6-13-26/h3-8,12-15,25,28-31H,9-11,16-24,37-38H2,1-2H3,(H3,39,40)(H,41,47)(H,42,46)(H,43,48)/t28-,29-,30-,31-/m1/s1. The molecule has 3 rings (SSSR count). The lowest BCUT2D eigenvalue weighted by Crippen LogP contribution is -2.58. The Balaban J connectivity index is 1.77. The quantitative estimate of drug-likeness (QED) is 0.0723. The van der Waals surface area contributed by atoms with E-state index >= 15 is 0 Å². The van der Waals surface area contributed by atoms with Crippen LogP contribution in [0.1, 0.15) is 57.1 Å². The van der Waals surface area contributed by atoms with Crippen LogP contribution in [0.3, 0.4) is 0 Å². The molecule has 0 aliphatic carbocycles. The number of benzene rings is 2. The average Bonchev–Trinajstić information content (AvgIpc) is 3.34. The first-order valence-corrected chi connectivity index (χ1v) is 17.3. The third-order valence-corrected chi connectivity index (χ3v) is 8.60. The Morgan fingerprint density at radius 1 is 0.735 bits per heavy atom. The van der Waals surface area contributed by atoms with Crippen molar-refractivity contribution in [2.24, 2.45) is 23.1 Å². The molecule has 0 bridgehead atoms. The molecular formula is C36H55N9O4. The molecule has 268 valence electrons. The first kappa shape index (κ1) is 39.0. The maximum Gasteiger partial charge on any atom is 0.245 e. The Hall–Kier alpha value is -4.49. The predicted octanol–water partition coefficient (Wildman–Crippen LogP) is 0.856. The summed E-state index contributed by atoms with van der Waals surface area (Å²) in [5.41, 5.74) is 19.4. The molecule has 2 aromatic carbocycles. The monoisotopic (exact) mass is 677 g/mol. The van der Waals surface area contributed by atoms with Gasteiger partial charge in [-0.25, -0.2) is 0 Å². The molecule has 0 radical (unpaired) electrons. The maximum absolute atomic E-state index is 13.9.